The third-order valence-corrected chi connectivity index (χ3v) is 8.76. The van der Waals surface area contributed by atoms with Gasteiger partial charge in [0.05, 0.1) is 21.7 Å². The van der Waals surface area contributed by atoms with Crippen LogP contribution >= 0.6 is 34.5 Å². The highest BCUT2D eigenvalue weighted by atomic mass is 35.5. The fraction of sp³-hybridized carbons (Fsp3) is 0.367. The lowest BCUT2D eigenvalue weighted by Gasteiger charge is -2.37. The van der Waals surface area contributed by atoms with E-state index in [1.165, 1.54) is 42.5 Å². The number of amides is 1. The maximum Gasteiger partial charge on any atom is 0.226 e. The molecule has 1 aliphatic rings. The van der Waals surface area contributed by atoms with Gasteiger partial charge in [-0.1, -0.05) is 62.2 Å². The molecule has 2 N–H and O–H groups in total. The summed E-state index contributed by atoms with van der Waals surface area (Å²) in [5.41, 5.74) is -1.39. The second-order valence-corrected chi connectivity index (χ2v) is 13.0. The molecule has 5 nitrogen and oxygen atoms in total. The quantitative estimate of drug-likeness (QED) is 0.269. The van der Waals surface area contributed by atoms with Crippen LogP contribution in [-0.4, -0.2) is 23.8 Å². The Morgan fingerprint density at radius 1 is 1.18 bits per heavy atom. The van der Waals surface area contributed by atoms with Crippen molar-refractivity contribution in [2.75, 3.05) is 5.32 Å². The normalized spacial score (nSPS) is 22.6. The highest BCUT2D eigenvalue weighted by molar-refractivity contribution is 7.12. The fourth-order valence-corrected chi connectivity index (χ4v) is 6.81. The molecule has 2 aromatic carbocycles. The van der Waals surface area contributed by atoms with Gasteiger partial charge in [-0.05, 0) is 47.0 Å². The van der Waals surface area contributed by atoms with Gasteiger partial charge in [0.2, 0.25) is 5.91 Å². The lowest BCUT2D eigenvalue weighted by Crippen LogP contribution is -2.44. The van der Waals surface area contributed by atoms with E-state index in [2.05, 4.69) is 16.7 Å². The first-order valence-electron chi connectivity index (χ1n) is 12.7. The predicted molar refractivity (Wildman–Crippen MR) is 155 cm³/mol. The van der Waals surface area contributed by atoms with E-state index in [9.17, 15) is 14.9 Å². The molecule has 40 heavy (non-hydrogen) atoms. The van der Waals surface area contributed by atoms with E-state index in [0.29, 0.717) is 17.0 Å². The minimum atomic E-state index is -1.62. The topological polar surface area (TPSA) is 82.0 Å². The summed E-state index contributed by atoms with van der Waals surface area (Å²) in [6, 6.07) is 11.1. The van der Waals surface area contributed by atoms with Crippen molar-refractivity contribution in [3.8, 4) is 6.07 Å². The zero-order valence-electron chi connectivity index (χ0n) is 22.4. The van der Waals surface area contributed by atoms with Gasteiger partial charge >= 0.3 is 0 Å². The molecular formula is C30H29Cl2F2N3O2S. The number of rotatable bonds is 7. The standard InChI is InChI=1S/C30H29Cl2F2N3O2S/c1-16(38)28-22(10-11-40-28)37-25(39)13-23-26(18-6-5-7-20(32)27(18)34)30(15-35,24(36-23)14-29(2,3)4)19-9-8-17(31)12-21(19)33/h5-12,23-24,26,36H,13-14H2,1-4H3,(H,37,39). The molecule has 1 amide bonds. The Hall–Kier alpha value is -2.83. The monoisotopic (exact) mass is 603 g/mol. The van der Waals surface area contributed by atoms with Gasteiger partial charge < -0.3 is 10.6 Å². The van der Waals surface area contributed by atoms with Crippen LogP contribution in [0.2, 0.25) is 10.0 Å². The summed E-state index contributed by atoms with van der Waals surface area (Å²) in [4.78, 5) is 25.7. The molecule has 3 aromatic rings. The van der Waals surface area contributed by atoms with Crippen LogP contribution in [0.25, 0.3) is 0 Å². The van der Waals surface area contributed by atoms with Gasteiger partial charge in [0, 0.05) is 41.9 Å². The number of ketones is 1. The average molecular weight is 605 g/mol. The number of carbonyl (C=O) groups is 2. The van der Waals surface area contributed by atoms with Crippen molar-refractivity contribution >= 4 is 51.9 Å². The van der Waals surface area contributed by atoms with E-state index >= 15 is 8.78 Å². The Balaban J connectivity index is 1.88. The van der Waals surface area contributed by atoms with Crippen LogP contribution in [0.1, 0.15) is 67.3 Å². The Morgan fingerprint density at radius 3 is 2.52 bits per heavy atom. The van der Waals surface area contributed by atoms with Crippen LogP contribution < -0.4 is 10.6 Å². The van der Waals surface area contributed by atoms with Gasteiger partial charge in [0.25, 0.3) is 0 Å². The van der Waals surface area contributed by atoms with Crippen molar-refractivity contribution in [1.82, 2.24) is 5.32 Å². The molecular weight excluding hydrogens is 575 g/mol. The number of thiophene rings is 1. The van der Waals surface area contributed by atoms with E-state index < -0.39 is 41.0 Å². The number of halogens is 4. The van der Waals surface area contributed by atoms with E-state index in [1.807, 2.05) is 20.8 Å². The Kier molecular flexibility index (Phi) is 8.72. The van der Waals surface area contributed by atoms with E-state index in [-0.39, 0.29) is 38.8 Å². The molecule has 0 bridgehead atoms. The third kappa shape index (κ3) is 5.80. The van der Waals surface area contributed by atoms with Crippen LogP contribution in [0.15, 0.2) is 47.8 Å². The Labute approximate surface area is 246 Å². The third-order valence-electron chi connectivity index (χ3n) is 7.22. The Bertz CT molecular complexity index is 1500. The molecule has 4 rings (SSSR count). The van der Waals surface area contributed by atoms with Crippen LogP contribution in [-0.2, 0) is 10.2 Å². The second kappa shape index (κ2) is 11.6. The molecule has 10 heteroatoms. The first kappa shape index (κ1) is 30.1. The van der Waals surface area contributed by atoms with Crippen LogP contribution in [0.3, 0.4) is 0 Å². The van der Waals surface area contributed by atoms with E-state index in [0.717, 1.165) is 6.07 Å². The SMILES string of the molecule is CC(=O)c1sccc1NC(=O)CC1NC(CC(C)(C)C)C(C#N)(c2ccc(Cl)cc2F)C1c1cccc(Cl)c1F. The zero-order chi connectivity index (χ0) is 29.4. The maximum absolute atomic E-state index is 15.7. The van der Waals surface area contributed by atoms with E-state index in [4.69, 9.17) is 23.2 Å². The highest BCUT2D eigenvalue weighted by Gasteiger charge is 2.59. The lowest BCUT2D eigenvalue weighted by atomic mass is 9.62. The molecule has 1 aromatic heterocycles. The summed E-state index contributed by atoms with van der Waals surface area (Å²) in [6.45, 7) is 7.38. The van der Waals surface area contributed by atoms with Crippen LogP contribution in [0.5, 0.6) is 0 Å². The molecule has 0 radical (unpaired) electrons. The molecule has 0 spiro atoms. The van der Waals surface area contributed by atoms with E-state index in [1.54, 1.807) is 17.5 Å². The number of nitriles is 1. The fourth-order valence-electron chi connectivity index (χ4n) is 5.72. The van der Waals surface area contributed by atoms with Gasteiger partial charge in [-0.2, -0.15) is 5.26 Å². The molecule has 210 valence electrons. The minimum absolute atomic E-state index is 0.0603. The molecule has 0 aliphatic carbocycles. The zero-order valence-corrected chi connectivity index (χ0v) is 24.8. The van der Waals surface area contributed by atoms with Gasteiger partial charge in [-0.25, -0.2) is 8.78 Å². The number of nitrogens with zero attached hydrogens (tertiary/aromatic N) is 1. The summed E-state index contributed by atoms with van der Waals surface area (Å²) in [5, 5.41) is 18.8. The summed E-state index contributed by atoms with van der Waals surface area (Å²) < 4.78 is 31.4. The van der Waals surface area contributed by atoms with Gasteiger partial charge in [-0.15, -0.1) is 11.3 Å². The molecule has 0 saturated carbocycles. The van der Waals surface area contributed by atoms with Crippen molar-refractivity contribution < 1.29 is 18.4 Å². The van der Waals surface area contributed by atoms with Crippen molar-refractivity contribution in [3.05, 3.63) is 85.5 Å². The summed E-state index contributed by atoms with van der Waals surface area (Å²) >= 11 is 13.5. The molecule has 4 unspecified atom stereocenters. The smallest absolute Gasteiger partial charge is 0.226 e. The van der Waals surface area contributed by atoms with Gasteiger partial charge in [-0.3, -0.25) is 9.59 Å². The number of hydrogen-bond donors (Lipinski definition) is 2. The van der Waals surface area contributed by atoms with Gasteiger partial charge in [0.1, 0.15) is 17.0 Å². The van der Waals surface area contributed by atoms with Crippen LogP contribution in [0.4, 0.5) is 14.5 Å². The first-order valence-corrected chi connectivity index (χ1v) is 14.4. The molecule has 4 atom stereocenters. The lowest BCUT2D eigenvalue weighted by molar-refractivity contribution is -0.116. The first-order chi connectivity index (χ1) is 18.8. The van der Waals surface area contributed by atoms with Crippen molar-refractivity contribution in [2.24, 2.45) is 5.41 Å². The summed E-state index contributed by atoms with van der Waals surface area (Å²) in [5.74, 6) is -3.05. The molecule has 1 fully saturated rings. The summed E-state index contributed by atoms with van der Waals surface area (Å²) in [7, 11) is 0. The molecule has 1 aliphatic heterocycles. The van der Waals surface area contributed by atoms with Crippen molar-refractivity contribution in [2.45, 2.75) is 64.0 Å². The van der Waals surface area contributed by atoms with Crippen molar-refractivity contribution in [3.63, 3.8) is 0 Å². The molecule has 1 saturated heterocycles. The maximum atomic E-state index is 15.7. The second-order valence-electron chi connectivity index (χ2n) is 11.3. The summed E-state index contributed by atoms with van der Waals surface area (Å²) in [6.07, 6.45) is 0.238. The number of benzene rings is 2. The number of anilines is 1. The average Bonchev–Trinajstić information content (AvgIpc) is 3.42. The predicted octanol–water partition coefficient (Wildman–Crippen LogP) is 7.89. The number of carbonyl (C=O) groups excluding carboxylic acids is 2. The number of nitrogens with one attached hydrogen (secondary N) is 2. The van der Waals surface area contributed by atoms with Crippen LogP contribution in [0, 0.1) is 28.4 Å². The number of Topliss-reactive ketones (excluding diaryl/α,β-unsaturated/α-hetero) is 1. The number of hydrogen-bond acceptors (Lipinski definition) is 5. The van der Waals surface area contributed by atoms with Gasteiger partial charge in [0.15, 0.2) is 5.78 Å². The highest BCUT2D eigenvalue weighted by Crippen LogP contribution is 2.53. The van der Waals surface area contributed by atoms with Crippen molar-refractivity contribution in [1.29, 1.82) is 5.26 Å². The Morgan fingerprint density at radius 2 is 1.90 bits per heavy atom. The minimum Gasteiger partial charge on any atom is -0.325 e. The molecule has 2 heterocycles. The largest absolute Gasteiger partial charge is 0.325 e.